The Labute approximate surface area is 135 Å². The average molecular weight is 316 g/mol. The van der Waals surface area contributed by atoms with Gasteiger partial charge < -0.3 is 10.1 Å². The summed E-state index contributed by atoms with van der Waals surface area (Å²) >= 11 is 6.14. The molecule has 1 aromatic carbocycles. The molecule has 1 aromatic heterocycles. The van der Waals surface area contributed by atoms with E-state index in [0.29, 0.717) is 19.2 Å². The first kappa shape index (κ1) is 14.9. The van der Waals surface area contributed by atoms with Crippen molar-refractivity contribution in [3.05, 3.63) is 64.4 Å². The molecule has 1 aliphatic heterocycles. The third-order valence-electron chi connectivity index (χ3n) is 3.67. The number of rotatable bonds is 4. The van der Waals surface area contributed by atoms with Crippen LogP contribution in [0.1, 0.15) is 22.9 Å². The average Bonchev–Trinajstić information content (AvgIpc) is 3.02. The minimum absolute atomic E-state index is 0.0402. The largest absolute Gasteiger partial charge is 0.463 e. The third kappa shape index (κ3) is 3.57. The van der Waals surface area contributed by atoms with Crippen molar-refractivity contribution in [2.45, 2.75) is 19.4 Å². The Morgan fingerprint density at radius 2 is 2.23 bits per heavy atom. The monoisotopic (exact) mass is 315 g/mol. The molecule has 0 bridgehead atoms. The second-order valence-electron chi connectivity index (χ2n) is 5.24. The van der Waals surface area contributed by atoms with Crippen LogP contribution < -0.4 is 5.32 Å². The lowest BCUT2D eigenvalue weighted by Crippen LogP contribution is -2.30. The van der Waals surface area contributed by atoms with Crippen LogP contribution in [0.2, 0.25) is 5.02 Å². The standard InChI is InChI=1S/C17H18ClN3O/c1-12-13(5-3-7-19-12)11-16(21-17-20-8-9-22-17)14-4-2-6-15(18)10-14/h2-7,10,16H,8-9,11H2,1H3,(H,20,21). The topological polar surface area (TPSA) is 46.5 Å². The molecule has 22 heavy (non-hydrogen) atoms. The first-order valence-electron chi connectivity index (χ1n) is 7.32. The molecule has 1 atom stereocenters. The van der Waals surface area contributed by atoms with E-state index in [2.05, 4.69) is 27.4 Å². The van der Waals surface area contributed by atoms with Gasteiger partial charge in [0.1, 0.15) is 6.61 Å². The van der Waals surface area contributed by atoms with Crippen molar-refractivity contribution in [1.82, 2.24) is 10.3 Å². The minimum atomic E-state index is 0.0402. The molecule has 0 saturated carbocycles. The first-order valence-corrected chi connectivity index (χ1v) is 7.70. The summed E-state index contributed by atoms with van der Waals surface area (Å²) < 4.78 is 5.49. The van der Waals surface area contributed by atoms with E-state index in [1.54, 1.807) is 0 Å². The van der Waals surface area contributed by atoms with Gasteiger partial charge in [0, 0.05) is 16.9 Å². The summed E-state index contributed by atoms with van der Waals surface area (Å²) in [5, 5.41) is 4.10. The molecule has 2 aromatic rings. The second-order valence-corrected chi connectivity index (χ2v) is 5.68. The fourth-order valence-electron chi connectivity index (χ4n) is 2.50. The fourth-order valence-corrected chi connectivity index (χ4v) is 2.70. The van der Waals surface area contributed by atoms with Crippen LogP contribution in [-0.4, -0.2) is 24.2 Å². The van der Waals surface area contributed by atoms with Crippen LogP contribution in [0.15, 0.2) is 47.6 Å². The number of aliphatic imine (C=N–C) groups is 1. The van der Waals surface area contributed by atoms with E-state index in [1.807, 2.05) is 37.4 Å². The molecule has 0 fully saturated rings. The Hall–Kier alpha value is -2.07. The summed E-state index contributed by atoms with van der Waals surface area (Å²) in [6.45, 7) is 3.36. The van der Waals surface area contributed by atoms with Crippen LogP contribution >= 0.6 is 11.6 Å². The van der Waals surface area contributed by atoms with Crippen LogP contribution in [0.4, 0.5) is 0 Å². The van der Waals surface area contributed by atoms with Gasteiger partial charge in [-0.2, -0.15) is 0 Å². The van der Waals surface area contributed by atoms with Gasteiger partial charge in [-0.3, -0.25) is 4.98 Å². The maximum Gasteiger partial charge on any atom is 0.285 e. The molecule has 3 rings (SSSR count). The lowest BCUT2D eigenvalue weighted by molar-refractivity contribution is 0.325. The molecule has 2 heterocycles. The Bertz CT molecular complexity index is 687. The van der Waals surface area contributed by atoms with Gasteiger partial charge in [-0.1, -0.05) is 29.8 Å². The van der Waals surface area contributed by atoms with E-state index in [0.717, 1.165) is 22.7 Å². The number of pyridine rings is 1. The second kappa shape index (κ2) is 6.79. The van der Waals surface area contributed by atoms with Crippen molar-refractivity contribution in [1.29, 1.82) is 0 Å². The van der Waals surface area contributed by atoms with E-state index < -0.39 is 0 Å². The zero-order chi connectivity index (χ0) is 15.4. The molecule has 1 N–H and O–H groups in total. The van der Waals surface area contributed by atoms with E-state index in [1.165, 1.54) is 5.56 Å². The number of aryl methyl sites for hydroxylation is 1. The molecule has 0 amide bonds. The lowest BCUT2D eigenvalue weighted by Gasteiger charge is -2.20. The van der Waals surface area contributed by atoms with Gasteiger partial charge in [-0.25, -0.2) is 4.99 Å². The molecular weight excluding hydrogens is 298 g/mol. The number of amidine groups is 1. The SMILES string of the molecule is Cc1ncccc1CC(NC1=NCCO1)c1cccc(Cl)c1. The van der Waals surface area contributed by atoms with Crippen LogP contribution in [0.3, 0.4) is 0 Å². The zero-order valence-corrected chi connectivity index (χ0v) is 13.2. The summed E-state index contributed by atoms with van der Waals surface area (Å²) in [5.41, 5.74) is 3.33. The maximum absolute atomic E-state index is 6.14. The first-order chi connectivity index (χ1) is 10.7. The van der Waals surface area contributed by atoms with Gasteiger partial charge in [0.25, 0.3) is 6.02 Å². The van der Waals surface area contributed by atoms with Crippen molar-refractivity contribution in [3.63, 3.8) is 0 Å². The van der Waals surface area contributed by atoms with E-state index in [9.17, 15) is 0 Å². The smallest absolute Gasteiger partial charge is 0.285 e. The summed E-state index contributed by atoms with van der Waals surface area (Å²) in [5.74, 6) is 0. The molecule has 4 nitrogen and oxygen atoms in total. The number of ether oxygens (including phenoxy) is 1. The molecule has 114 valence electrons. The van der Waals surface area contributed by atoms with Gasteiger partial charge >= 0.3 is 0 Å². The van der Waals surface area contributed by atoms with Gasteiger partial charge in [0.15, 0.2) is 0 Å². The molecule has 1 aliphatic rings. The van der Waals surface area contributed by atoms with Crippen molar-refractivity contribution in [2.24, 2.45) is 4.99 Å². The summed E-state index contributed by atoms with van der Waals surface area (Å²) in [6.07, 6.45) is 2.60. The van der Waals surface area contributed by atoms with Gasteiger partial charge in [0.2, 0.25) is 0 Å². The zero-order valence-electron chi connectivity index (χ0n) is 12.4. The highest BCUT2D eigenvalue weighted by atomic mass is 35.5. The Kier molecular flexibility index (Phi) is 4.59. The van der Waals surface area contributed by atoms with Crippen molar-refractivity contribution >= 4 is 17.6 Å². The van der Waals surface area contributed by atoms with Crippen LogP contribution in [0.5, 0.6) is 0 Å². The van der Waals surface area contributed by atoms with Gasteiger partial charge in [-0.05, 0) is 42.7 Å². The number of nitrogens with zero attached hydrogens (tertiary/aromatic N) is 2. The quantitative estimate of drug-likeness (QED) is 0.941. The minimum Gasteiger partial charge on any atom is -0.463 e. The van der Waals surface area contributed by atoms with Gasteiger partial charge in [0.05, 0.1) is 12.6 Å². The summed E-state index contributed by atoms with van der Waals surface area (Å²) in [4.78, 5) is 8.68. The van der Waals surface area contributed by atoms with Crippen LogP contribution in [-0.2, 0) is 11.2 Å². The lowest BCUT2D eigenvalue weighted by atomic mass is 9.98. The molecule has 0 radical (unpaired) electrons. The Morgan fingerprint density at radius 1 is 1.32 bits per heavy atom. The number of halogens is 1. The van der Waals surface area contributed by atoms with Crippen LogP contribution in [0, 0.1) is 6.92 Å². The van der Waals surface area contributed by atoms with Gasteiger partial charge in [-0.15, -0.1) is 0 Å². The van der Waals surface area contributed by atoms with E-state index >= 15 is 0 Å². The Balaban J connectivity index is 1.87. The van der Waals surface area contributed by atoms with Crippen molar-refractivity contribution < 1.29 is 4.74 Å². The molecule has 0 spiro atoms. The predicted octanol–water partition coefficient (Wildman–Crippen LogP) is 3.30. The highest BCUT2D eigenvalue weighted by Crippen LogP contribution is 2.23. The van der Waals surface area contributed by atoms with E-state index in [4.69, 9.17) is 16.3 Å². The molecule has 0 aliphatic carbocycles. The number of aromatic nitrogens is 1. The molecule has 5 heteroatoms. The predicted molar refractivity (Wildman–Crippen MR) is 88.3 cm³/mol. The number of nitrogens with one attached hydrogen (secondary N) is 1. The summed E-state index contributed by atoms with van der Waals surface area (Å²) in [6, 6.07) is 12.6. The maximum atomic E-state index is 6.14. The normalized spacial score (nSPS) is 15.1. The van der Waals surface area contributed by atoms with E-state index in [-0.39, 0.29) is 6.04 Å². The summed E-state index contributed by atoms with van der Waals surface area (Å²) in [7, 11) is 0. The van der Waals surface area contributed by atoms with Crippen LogP contribution in [0.25, 0.3) is 0 Å². The van der Waals surface area contributed by atoms with Crippen molar-refractivity contribution in [2.75, 3.05) is 13.2 Å². The molecule has 1 unspecified atom stereocenters. The molecule has 0 saturated heterocycles. The Morgan fingerprint density at radius 3 is 2.95 bits per heavy atom. The highest BCUT2D eigenvalue weighted by molar-refractivity contribution is 6.30. The highest BCUT2D eigenvalue weighted by Gasteiger charge is 2.18. The fraction of sp³-hybridized carbons (Fsp3) is 0.294. The third-order valence-corrected chi connectivity index (χ3v) is 3.91. The number of hydrogen-bond donors (Lipinski definition) is 1. The van der Waals surface area contributed by atoms with Crippen molar-refractivity contribution in [3.8, 4) is 0 Å². The number of benzene rings is 1. The number of hydrogen-bond acceptors (Lipinski definition) is 4. The molecular formula is C17H18ClN3O.